The zero-order valence-corrected chi connectivity index (χ0v) is 18.4. The van der Waals surface area contributed by atoms with Crippen molar-refractivity contribution in [3.05, 3.63) is 29.8 Å². The van der Waals surface area contributed by atoms with Crippen LogP contribution in [0.4, 0.5) is 5.69 Å². The van der Waals surface area contributed by atoms with Crippen molar-refractivity contribution in [2.45, 2.75) is 40.2 Å². The van der Waals surface area contributed by atoms with Crippen LogP contribution in [0.2, 0.25) is 0 Å². The van der Waals surface area contributed by atoms with E-state index in [1.54, 1.807) is 0 Å². The van der Waals surface area contributed by atoms with Gasteiger partial charge in [-0.15, -0.1) is 0 Å². The van der Waals surface area contributed by atoms with E-state index in [-0.39, 0.29) is 17.9 Å². The van der Waals surface area contributed by atoms with E-state index in [1.807, 2.05) is 43.0 Å². The fourth-order valence-corrected chi connectivity index (χ4v) is 4.58. The molecule has 3 atom stereocenters. The maximum Gasteiger partial charge on any atom is 0.241 e. The van der Waals surface area contributed by atoms with Crippen LogP contribution < -0.4 is 5.32 Å². The summed E-state index contributed by atoms with van der Waals surface area (Å²) in [6.07, 6.45) is 1.21. The van der Waals surface area contributed by atoms with Crippen LogP contribution >= 0.6 is 0 Å². The maximum atomic E-state index is 12.7. The lowest BCUT2D eigenvalue weighted by Crippen LogP contribution is -2.55. The number of rotatable bonds is 5. The third-order valence-electron chi connectivity index (χ3n) is 6.32. The number of carbonyl (C=O) groups is 2. The molecule has 2 saturated heterocycles. The van der Waals surface area contributed by atoms with Crippen molar-refractivity contribution >= 4 is 17.5 Å². The Morgan fingerprint density at radius 1 is 1.07 bits per heavy atom. The topological polar surface area (TPSA) is 55.9 Å². The van der Waals surface area contributed by atoms with E-state index in [0.717, 1.165) is 50.5 Å². The first-order valence-electron chi connectivity index (χ1n) is 10.9. The Hall–Kier alpha value is -1.92. The van der Waals surface area contributed by atoms with E-state index >= 15 is 0 Å². The summed E-state index contributed by atoms with van der Waals surface area (Å²) in [6, 6.07) is 7.66. The summed E-state index contributed by atoms with van der Waals surface area (Å²) in [7, 11) is 0. The second-order valence-electron chi connectivity index (χ2n) is 9.04. The van der Waals surface area contributed by atoms with Gasteiger partial charge in [-0.25, -0.2) is 0 Å². The number of aryl methyl sites for hydroxylation is 1. The monoisotopic (exact) mass is 400 g/mol. The van der Waals surface area contributed by atoms with Gasteiger partial charge in [0.15, 0.2) is 0 Å². The zero-order chi connectivity index (χ0) is 21.0. The van der Waals surface area contributed by atoms with Crippen molar-refractivity contribution in [3.8, 4) is 0 Å². The summed E-state index contributed by atoms with van der Waals surface area (Å²) < 4.78 is 0. The minimum atomic E-state index is -0.184. The molecule has 6 heteroatoms. The highest BCUT2D eigenvalue weighted by Gasteiger charge is 2.29. The average molecular weight is 401 g/mol. The Labute approximate surface area is 175 Å². The van der Waals surface area contributed by atoms with Crippen molar-refractivity contribution in [2.75, 3.05) is 51.1 Å². The van der Waals surface area contributed by atoms with Crippen LogP contribution in [-0.4, -0.2) is 78.4 Å². The lowest BCUT2D eigenvalue weighted by Gasteiger charge is -2.39. The van der Waals surface area contributed by atoms with Gasteiger partial charge in [-0.2, -0.15) is 0 Å². The van der Waals surface area contributed by atoms with Gasteiger partial charge in [0.1, 0.15) is 0 Å². The molecule has 0 spiro atoms. The van der Waals surface area contributed by atoms with Gasteiger partial charge >= 0.3 is 0 Å². The number of amides is 2. The van der Waals surface area contributed by atoms with Gasteiger partial charge in [-0.05, 0) is 43.7 Å². The number of hydrogen-bond acceptors (Lipinski definition) is 4. The molecule has 6 nitrogen and oxygen atoms in total. The number of para-hydroxylation sites is 1. The van der Waals surface area contributed by atoms with Crippen LogP contribution in [-0.2, 0) is 9.59 Å². The Morgan fingerprint density at radius 2 is 1.69 bits per heavy atom. The largest absolute Gasteiger partial charge is 0.341 e. The quantitative estimate of drug-likeness (QED) is 0.825. The van der Waals surface area contributed by atoms with Gasteiger partial charge in [0.25, 0.3) is 0 Å². The first kappa shape index (κ1) is 21.8. The number of nitrogens with one attached hydrogen (secondary N) is 1. The molecule has 0 saturated carbocycles. The first-order chi connectivity index (χ1) is 13.8. The van der Waals surface area contributed by atoms with Crippen molar-refractivity contribution in [3.63, 3.8) is 0 Å². The van der Waals surface area contributed by atoms with E-state index in [2.05, 4.69) is 29.0 Å². The van der Waals surface area contributed by atoms with Crippen LogP contribution in [0.5, 0.6) is 0 Å². The molecule has 0 radical (unpaired) electrons. The third-order valence-corrected chi connectivity index (χ3v) is 6.32. The molecule has 0 aromatic heterocycles. The highest BCUT2D eigenvalue weighted by atomic mass is 16.2. The van der Waals surface area contributed by atoms with Gasteiger partial charge < -0.3 is 10.2 Å². The molecule has 29 heavy (non-hydrogen) atoms. The Kier molecular flexibility index (Phi) is 7.30. The molecule has 160 valence electrons. The highest BCUT2D eigenvalue weighted by Crippen LogP contribution is 2.21. The molecule has 3 rings (SSSR count). The smallest absolute Gasteiger partial charge is 0.241 e. The van der Waals surface area contributed by atoms with Crippen molar-refractivity contribution in [1.29, 1.82) is 0 Å². The van der Waals surface area contributed by atoms with Crippen molar-refractivity contribution in [1.82, 2.24) is 14.7 Å². The molecule has 0 bridgehead atoms. The molecule has 2 aliphatic heterocycles. The van der Waals surface area contributed by atoms with Crippen LogP contribution in [0.3, 0.4) is 0 Å². The summed E-state index contributed by atoms with van der Waals surface area (Å²) in [4.78, 5) is 31.9. The van der Waals surface area contributed by atoms with Crippen LogP contribution in [0.15, 0.2) is 24.3 Å². The second-order valence-corrected chi connectivity index (χ2v) is 9.04. The van der Waals surface area contributed by atoms with Gasteiger partial charge in [0.2, 0.25) is 11.8 Å². The van der Waals surface area contributed by atoms with E-state index in [4.69, 9.17) is 0 Å². The molecule has 1 N–H and O–H groups in total. The van der Waals surface area contributed by atoms with Gasteiger partial charge in [-0.1, -0.05) is 32.0 Å². The molecular formula is C23H36N4O2. The van der Waals surface area contributed by atoms with Crippen molar-refractivity contribution < 1.29 is 9.59 Å². The number of carbonyl (C=O) groups excluding carboxylic acids is 2. The molecule has 2 amide bonds. The summed E-state index contributed by atoms with van der Waals surface area (Å²) in [5.74, 6) is 1.46. The maximum absolute atomic E-state index is 12.7. The molecular weight excluding hydrogens is 364 g/mol. The molecule has 0 aliphatic carbocycles. The molecule has 2 aliphatic rings. The zero-order valence-electron chi connectivity index (χ0n) is 18.4. The summed E-state index contributed by atoms with van der Waals surface area (Å²) in [5.41, 5.74) is 1.94. The number of likely N-dealkylation sites (tertiary alicyclic amines) is 1. The molecule has 1 aromatic rings. The Bertz CT molecular complexity index is 705. The molecule has 0 unspecified atom stereocenters. The number of piperidine rings is 1. The molecule has 2 fully saturated rings. The minimum absolute atomic E-state index is 0.0279. The van der Waals surface area contributed by atoms with Crippen LogP contribution in [0.25, 0.3) is 0 Å². The number of hydrogen-bond donors (Lipinski definition) is 1. The van der Waals surface area contributed by atoms with Crippen LogP contribution in [0, 0.1) is 18.8 Å². The number of benzene rings is 1. The third kappa shape index (κ3) is 5.80. The minimum Gasteiger partial charge on any atom is -0.341 e. The van der Waals surface area contributed by atoms with E-state index in [1.165, 1.54) is 6.42 Å². The van der Waals surface area contributed by atoms with Crippen LogP contribution in [0.1, 0.15) is 32.8 Å². The predicted octanol–water partition coefficient (Wildman–Crippen LogP) is 2.44. The van der Waals surface area contributed by atoms with E-state index in [0.29, 0.717) is 18.4 Å². The Morgan fingerprint density at radius 3 is 2.31 bits per heavy atom. The Balaban J connectivity index is 1.45. The first-order valence-corrected chi connectivity index (χ1v) is 10.9. The number of anilines is 1. The van der Waals surface area contributed by atoms with E-state index in [9.17, 15) is 9.59 Å². The fourth-order valence-electron chi connectivity index (χ4n) is 4.58. The summed E-state index contributed by atoms with van der Waals surface area (Å²) in [5, 5.41) is 3.05. The number of piperazine rings is 1. The lowest BCUT2D eigenvalue weighted by atomic mass is 9.92. The fraction of sp³-hybridized carbons (Fsp3) is 0.652. The van der Waals surface area contributed by atoms with Crippen molar-refractivity contribution in [2.24, 2.45) is 11.8 Å². The molecule has 2 heterocycles. The molecule has 1 aromatic carbocycles. The van der Waals surface area contributed by atoms with E-state index < -0.39 is 0 Å². The number of nitrogens with zero attached hydrogens (tertiary/aromatic N) is 3. The SMILES string of the molecule is Cc1ccccc1NC(=O)[C@@H](C)N1CCN(CC(=O)N2C[C@H](C)C[C@H](C)C2)CC1. The normalized spacial score (nSPS) is 24.9. The van der Waals surface area contributed by atoms with Gasteiger partial charge in [0, 0.05) is 45.0 Å². The highest BCUT2D eigenvalue weighted by molar-refractivity contribution is 5.95. The standard InChI is InChI=1S/C23H36N4O2/c1-17-13-18(2)15-27(14-17)22(28)16-25-9-11-26(12-10-25)20(4)23(29)24-21-8-6-5-7-19(21)3/h5-8,17-18,20H,9-16H2,1-4H3,(H,24,29)/t17-,18+,20-/m1/s1. The van der Waals surface area contributed by atoms with Gasteiger partial charge in [-0.3, -0.25) is 19.4 Å². The predicted molar refractivity (Wildman–Crippen MR) is 117 cm³/mol. The summed E-state index contributed by atoms with van der Waals surface area (Å²) >= 11 is 0. The summed E-state index contributed by atoms with van der Waals surface area (Å²) in [6.45, 7) is 14.0. The second kappa shape index (κ2) is 9.72. The average Bonchev–Trinajstić information content (AvgIpc) is 2.69. The lowest BCUT2D eigenvalue weighted by molar-refractivity contribution is -0.136. The van der Waals surface area contributed by atoms with Gasteiger partial charge in [0.05, 0.1) is 12.6 Å².